The van der Waals surface area contributed by atoms with Crippen LogP contribution >= 0.6 is 11.6 Å². The molecule has 1 aliphatic heterocycles. The van der Waals surface area contributed by atoms with Crippen molar-refractivity contribution >= 4 is 39.2 Å². The molecule has 4 rings (SSSR count). The molecule has 0 saturated carbocycles. The molecule has 0 bridgehead atoms. The van der Waals surface area contributed by atoms with Crippen molar-refractivity contribution < 1.29 is 4.74 Å². The van der Waals surface area contributed by atoms with E-state index in [9.17, 15) is 0 Å². The van der Waals surface area contributed by atoms with E-state index in [1.165, 1.54) is 0 Å². The number of nitrogens with zero attached hydrogens (tertiary/aromatic N) is 3. The van der Waals surface area contributed by atoms with Crippen LogP contribution in [0.3, 0.4) is 0 Å². The predicted molar refractivity (Wildman–Crippen MR) is 84.0 cm³/mol. The first kappa shape index (κ1) is 12.9. The number of aromatic nitrogens is 3. The summed E-state index contributed by atoms with van der Waals surface area (Å²) in [5, 5.41) is 2.55. The molecule has 1 aliphatic rings. The number of nitrogens with one attached hydrogen (secondary N) is 1. The number of pyridine rings is 2. The number of morpholine rings is 1. The minimum Gasteiger partial charge on any atom is -0.377 e. The van der Waals surface area contributed by atoms with Crippen LogP contribution in [0.1, 0.15) is 6.92 Å². The minimum atomic E-state index is 0.289. The van der Waals surface area contributed by atoms with Gasteiger partial charge < -0.3 is 14.6 Å². The average molecular weight is 303 g/mol. The Kier molecular flexibility index (Phi) is 2.97. The Labute approximate surface area is 126 Å². The van der Waals surface area contributed by atoms with Crippen molar-refractivity contribution in [3.05, 3.63) is 29.7 Å². The maximum Gasteiger partial charge on any atom is 0.155 e. The Bertz CT molecular complexity index is 816. The second kappa shape index (κ2) is 4.86. The first-order valence-corrected chi connectivity index (χ1v) is 7.39. The van der Waals surface area contributed by atoms with Crippen molar-refractivity contribution in [3.8, 4) is 0 Å². The summed E-state index contributed by atoms with van der Waals surface area (Å²) < 4.78 is 5.52. The van der Waals surface area contributed by atoms with Crippen molar-refractivity contribution in [1.82, 2.24) is 15.0 Å². The standard InChI is InChI=1S/C15H15ClN4O/c1-9-8-21-7-6-20(9)15-11-3-4-17-12(11)10-2-5-18-14(16)13(10)19-15/h2-5,9,17H,6-8H2,1H3/t9-/m1/s1. The fourth-order valence-corrected chi connectivity index (χ4v) is 3.14. The highest BCUT2D eigenvalue weighted by molar-refractivity contribution is 6.34. The lowest BCUT2D eigenvalue weighted by Crippen LogP contribution is -2.44. The van der Waals surface area contributed by atoms with Crippen LogP contribution in [-0.4, -0.2) is 40.8 Å². The summed E-state index contributed by atoms with van der Waals surface area (Å²) >= 11 is 6.24. The summed E-state index contributed by atoms with van der Waals surface area (Å²) in [6.07, 6.45) is 3.65. The highest BCUT2D eigenvalue weighted by Gasteiger charge is 2.23. The zero-order valence-corrected chi connectivity index (χ0v) is 12.4. The smallest absolute Gasteiger partial charge is 0.155 e. The Morgan fingerprint density at radius 1 is 1.38 bits per heavy atom. The van der Waals surface area contributed by atoms with Gasteiger partial charge in [-0.05, 0) is 19.1 Å². The first-order valence-electron chi connectivity index (χ1n) is 7.01. The largest absolute Gasteiger partial charge is 0.377 e. The van der Waals surface area contributed by atoms with Crippen LogP contribution in [0.25, 0.3) is 21.8 Å². The zero-order chi connectivity index (χ0) is 14.4. The molecule has 1 N–H and O–H groups in total. The third-order valence-electron chi connectivity index (χ3n) is 3.99. The molecule has 3 aromatic rings. The summed E-state index contributed by atoms with van der Waals surface area (Å²) in [5.74, 6) is 0.949. The molecule has 1 saturated heterocycles. The molecule has 0 spiro atoms. The van der Waals surface area contributed by atoms with Gasteiger partial charge in [-0.3, -0.25) is 0 Å². The van der Waals surface area contributed by atoms with Gasteiger partial charge in [-0.25, -0.2) is 9.97 Å². The van der Waals surface area contributed by atoms with E-state index in [1.807, 2.05) is 12.3 Å². The number of aromatic amines is 1. The zero-order valence-electron chi connectivity index (χ0n) is 11.6. The lowest BCUT2D eigenvalue weighted by molar-refractivity contribution is 0.0987. The highest BCUT2D eigenvalue weighted by Crippen LogP contribution is 2.33. The fourth-order valence-electron chi connectivity index (χ4n) is 2.94. The molecule has 0 amide bonds. The Morgan fingerprint density at radius 3 is 3.14 bits per heavy atom. The maximum atomic E-state index is 6.24. The second-order valence-corrected chi connectivity index (χ2v) is 5.68. The van der Waals surface area contributed by atoms with Crippen LogP contribution in [0, 0.1) is 0 Å². The molecule has 0 aliphatic carbocycles. The average Bonchev–Trinajstić information content (AvgIpc) is 2.97. The van der Waals surface area contributed by atoms with Gasteiger partial charge in [-0.1, -0.05) is 11.6 Å². The van der Waals surface area contributed by atoms with Crippen LogP contribution in [0.4, 0.5) is 5.82 Å². The monoisotopic (exact) mass is 302 g/mol. The topological polar surface area (TPSA) is 54.0 Å². The number of rotatable bonds is 1. The van der Waals surface area contributed by atoms with Crippen molar-refractivity contribution in [2.45, 2.75) is 13.0 Å². The van der Waals surface area contributed by atoms with Gasteiger partial charge in [-0.2, -0.15) is 0 Å². The van der Waals surface area contributed by atoms with E-state index < -0.39 is 0 Å². The molecule has 0 unspecified atom stereocenters. The third-order valence-corrected chi connectivity index (χ3v) is 4.27. The number of H-pyrrole nitrogens is 1. The molecule has 108 valence electrons. The number of hydrogen-bond acceptors (Lipinski definition) is 4. The molecule has 6 heteroatoms. The number of ether oxygens (including phenoxy) is 1. The summed E-state index contributed by atoms with van der Waals surface area (Å²) in [7, 11) is 0. The molecule has 3 aromatic heterocycles. The summed E-state index contributed by atoms with van der Waals surface area (Å²) in [4.78, 5) is 14.5. The molecule has 1 atom stereocenters. The van der Waals surface area contributed by atoms with Crippen molar-refractivity contribution in [2.24, 2.45) is 0 Å². The number of fused-ring (bicyclic) bond motifs is 3. The second-order valence-electron chi connectivity index (χ2n) is 5.32. The molecular formula is C15H15ClN4O. The summed E-state index contributed by atoms with van der Waals surface area (Å²) in [5.41, 5.74) is 1.79. The van der Waals surface area contributed by atoms with E-state index in [0.717, 1.165) is 40.8 Å². The van der Waals surface area contributed by atoms with Gasteiger partial charge in [0.05, 0.1) is 24.8 Å². The maximum absolute atomic E-state index is 6.24. The van der Waals surface area contributed by atoms with Gasteiger partial charge in [0.2, 0.25) is 0 Å². The highest BCUT2D eigenvalue weighted by atomic mass is 35.5. The van der Waals surface area contributed by atoms with Crippen LogP contribution < -0.4 is 4.90 Å². The normalized spacial score (nSPS) is 19.5. The van der Waals surface area contributed by atoms with E-state index in [-0.39, 0.29) is 6.04 Å². The lowest BCUT2D eigenvalue weighted by Gasteiger charge is -2.34. The van der Waals surface area contributed by atoms with Crippen LogP contribution in [0.15, 0.2) is 24.5 Å². The number of hydrogen-bond donors (Lipinski definition) is 1. The SMILES string of the molecule is C[C@@H]1COCCN1c1nc2c(Cl)nccc2c2[nH]ccc12. The third kappa shape index (κ3) is 1.96. The van der Waals surface area contributed by atoms with E-state index in [4.69, 9.17) is 21.3 Å². The first-order chi connectivity index (χ1) is 10.3. The van der Waals surface area contributed by atoms with Gasteiger partial charge in [0.25, 0.3) is 0 Å². The summed E-state index contributed by atoms with van der Waals surface area (Å²) in [6, 6.07) is 4.30. The lowest BCUT2D eigenvalue weighted by atomic mass is 10.1. The fraction of sp³-hybridized carbons (Fsp3) is 0.333. The molecule has 5 nitrogen and oxygen atoms in total. The predicted octanol–water partition coefficient (Wildman–Crippen LogP) is 2.99. The van der Waals surface area contributed by atoms with Crippen LogP contribution in [0.2, 0.25) is 5.15 Å². The molecule has 4 heterocycles. The van der Waals surface area contributed by atoms with E-state index >= 15 is 0 Å². The molecule has 0 aromatic carbocycles. The van der Waals surface area contributed by atoms with E-state index in [2.05, 4.69) is 27.9 Å². The number of anilines is 1. The molecule has 0 radical (unpaired) electrons. The molecule has 21 heavy (non-hydrogen) atoms. The molecule has 1 fully saturated rings. The van der Waals surface area contributed by atoms with Gasteiger partial charge >= 0.3 is 0 Å². The Balaban J connectivity index is 2.02. The van der Waals surface area contributed by atoms with Crippen molar-refractivity contribution in [2.75, 3.05) is 24.7 Å². The van der Waals surface area contributed by atoms with Crippen LogP contribution in [-0.2, 0) is 4.74 Å². The quantitative estimate of drug-likeness (QED) is 0.702. The van der Waals surface area contributed by atoms with Gasteiger partial charge in [0.1, 0.15) is 11.3 Å². The minimum absolute atomic E-state index is 0.289. The Hall–Kier alpha value is -1.85. The van der Waals surface area contributed by atoms with Crippen molar-refractivity contribution in [3.63, 3.8) is 0 Å². The van der Waals surface area contributed by atoms with Gasteiger partial charge in [0.15, 0.2) is 5.15 Å². The summed E-state index contributed by atoms with van der Waals surface area (Å²) in [6.45, 7) is 4.41. The van der Waals surface area contributed by atoms with Crippen molar-refractivity contribution in [1.29, 1.82) is 0 Å². The van der Waals surface area contributed by atoms with E-state index in [0.29, 0.717) is 11.8 Å². The Morgan fingerprint density at radius 2 is 2.29 bits per heavy atom. The van der Waals surface area contributed by atoms with E-state index in [1.54, 1.807) is 6.20 Å². The number of halogens is 1. The van der Waals surface area contributed by atoms with Gasteiger partial charge in [-0.15, -0.1) is 0 Å². The van der Waals surface area contributed by atoms with Gasteiger partial charge in [0, 0.05) is 29.7 Å². The molecular weight excluding hydrogens is 288 g/mol. The van der Waals surface area contributed by atoms with Crippen LogP contribution in [0.5, 0.6) is 0 Å².